The van der Waals surface area contributed by atoms with Crippen molar-refractivity contribution in [2.75, 3.05) is 23.8 Å². The Morgan fingerprint density at radius 1 is 1.03 bits per heavy atom. The van der Waals surface area contributed by atoms with Crippen LogP contribution in [0, 0.1) is 0 Å². The molecule has 1 aromatic carbocycles. The summed E-state index contributed by atoms with van der Waals surface area (Å²) in [6.45, 7) is 2.64. The lowest BCUT2D eigenvalue weighted by molar-refractivity contribution is 0.152. The largest absolute Gasteiger partial charge is 0.488 e. The summed E-state index contributed by atoms with van der Waals surface area (Å²) in [5.74, 6) is 1.64. The van der Waals surface area contributed by atoms with Crippen molar-refractivity contribution in [2.24, 2.45) is 0 Å². The zero-order chi connectivity index (χ0) is 20.8. The molecule has 1 aliphatic rings. The summed E-state index contributed by atoms with van der Waals surface area (Å²) in [6, 6.07) is 6.29. The van der Waals surface area contributed by atoms with Gasteiger partial charge in [0.25, 0.3) is 0 Å². The summed E-state index contributed by atoms with van der Waals surface area (Å²) in [4.78, 5) is 17.5. The van der Waals surface area contributed by atoms with E-state index in [2.05, 4.69) is 37.5 Å². The standard InChI is InChI=1S/C22H28N6O2/c1-2-15-13-21(27-14-26-15)28-16-3-5-18(6-4-16)30-20-12-17(23-9-10-29)11-19-22(20)25-8-7-24-19/h7-8,11-14,16,18,23,29H,2-6,9-10H2,1H3,(H,26,27,28). The number of ether oxygens (including phenoxy) is 1. The molecule has 1 saturated carbocycles. The van der Waals surface area contributed by atoms with Crippen LogP contribution in [0.3, 0.4) is 0 Å². The zero-order valence-electron chi connectivity index (χ0n) is 17.2. The van der Waals surface area contributed by atoms with Crippen molar-refractivity contribution >= 4 is 22.5 Å². The molecule has 0 aliphatic heterocycles. The molecule has 0 saturated heterocycles. The summed E-state index contributed by atoms with van der Waals surface area (Å²) in [6.07, 6.45) is 9.97. The van der Waals surface area contributed by atoms with Crippen LogP contribution in [0.1, 0.15) is 38.3 Å². The van der Waals surface area contributed by atoms with E-state index >= 15 is 0 Å². The predicted molar refractivity (Wildman–Crippen MR) is 117 cm³/mol. The number of aryl methyl sites for hydroxylation is 1. The molecule has 0 amide bonds. The van der Waals surface area contributed by atoms with E-state index in [0.717, 1.165) is 66.1 Å². The number of anilines is 2. The van der Waals surface area contributed by atoms with E-state index in [4.69, 9.17) is 9.84 Å². The number of aromatic nitrogens is 4. The van der Waals surface area contributed by atoms with Gasteiger partial charge in [0.05, 0.1) is 18.2 Å². The summed E-state index contributed by atoms with van der Waals surface area (Å²) in [7, 11) is 0. The summed E-state index contributed by atoms with van der Waals surface area (Å²) in [5.41, 5.74) is 3.46. The Hall–Kier alpha value is -3.00. The van der Waals surface area contributed by atoms with Crippen LogP contribution in [0.4, 0.5) is 11.5 Å². The Labute approximate surface area is 176 Å². The van der Waals surface area contributed by atoms with Crippen molar-refractivity contribution in [1.29, 1.82) is 0 Å². The Bertz CT molecular complexity index is 975. The molecule has 3 aromatic rings. The fourth-order valence-electron chi connectivity index (χ4n) is 3.82. The highest BCUT2D eigenvalue weighted by Crippen LogP contribution is 2.31. The molecular weight excluding hydrogens is 380 g/mol. The summed E-state index contributed by atoms with van der Waals surface area (Å²) >= 11 is 0. The molecule has 1 aliphatic carbocycles. The number of rotatable bonds is 8. The van der Waals surface area contributed by atoms with E-state index in [0.29, 0.717) is 12.6 Å². The lowest BCUT2D eigenvalue weighted by atomic mass is 9.93. The van der Waals surface area contributed by atoms with Crippen LogP contribution in [0.2, 0.25) is 0 Å². The molecule has 158 valence electrons. The van der Waals surface area contributed by atoms with Gasteiger partial charge in [0.2, 0.25) is 0 Å². The number of benzene rings is 1. The fourth-order valence-corrected chi connectivity index (χ4v) is 3.82. The average Bonchev–Trinajstić information content (AvgIpc) is 2.79. The highest BCUT2D eigenvalue weighted by molar-refractivity contribution is 5.84. The van der Waals surface area contributed by atoms with Crippen LogP contribution in [-0.2, 0) is 6.42 Å². The van der Waals surface area contributed by atoms with Gasteiger partial charge in [-0.3, -0.25) is 4.98 Å². The first-order chi connectivity index (χ1) is 14.7. The van der Waals surface area contributed by atoms with Gasteiger partial charge in [-0.2, -0.15) is 0 Å². The lowest BCUT2D eigenvalue weighted by Crippen LogP contribution is -2.31. The Morgan fingerprint density at radius 3 is 2.67 bits per heavy atom. The van der Waals surface area contributed by atoms with E-state index in [9.17, 15) is 0 Å². The van der Waals surface area contributed by atoms with Gasteiger partial charge in [-0.05, 0) is 38.2 Å². The van der Waals surface area contributed by atoms with Crippen LogP contribution in [0.25, 0.3) is 11.0 Å². The van der Waals surface area contributed by atoms with Crippen LogP contribution in [-0.4, -0.2) is 50.3 Å². The maximum absolute atomic E-state index is 9.10. The lowest BCUT2D eigenvalue weighted by Gasteiger charge is -2.30. The van der Waals surface area contributed by atoms with E-state index in [1.165, 1.54) is 0 Å². The Balaban J connectivity index is 1.40. The summed E-state index contributed by atoms with van der Waals surface area (Å²) < 4.78 is 6.37. The van der Waals surface area contributed by atoms with Crippen molar-refractivity contribution in [3.8, 4) is 5.75 Å². The fraction of sp³-hybridized carbons (Fsp3) is 0.455. The molecule has 30 heavy (non-hydrogen) atoms. The van der Waals surface area contributed by atoms with Gasteiger partial charge in [-0.25, -0.2) is 15.0 Å². The van der Waals surface area contributed by atoms with E-state index in [-0.39, 0.29) is 12.7 Å². The second kappa shape index (κ2) is 9.67. The first kappa shape index (κ1) is 20.3. The highest BCUT2D eigenvalue weighted by atomic mass is 16.5. The van der Waals surface area contributed by atoms with Crippen molar-refractivity contribution in [3.63, 3.8) is 0 Å². The monoisotopic (exact) mass is 408 g/mol. The smallest absolute Gasteiger partial charge is 0.149 e. The molecule has 0 spiro atoms. The molecule has 3 N–H and O–H groups in total. The highest BCUT2D eigenvalue weighted by Gasteiger charge is 2.24. The second-order valence-electron chi connectivity index (χ2n) is 7.53. The molecule has 0 atom stereocenters. The van der Waals surface area contributed by atoms with Gasteiger partial charge in [0, 0.05) is 48.5 Å². The molecule has 8 heteroatoms. The van der Waals surface area contributed by atoms with Gasteiger partial charge >= 0.3 is 0 Å². The third-order valence-electron chi connectivity index (χ3n) is 5.39. The molecule has 0 unspecified atom stereocenters. The number of aliphatic hydroxyl groups is 1. The summed E-state index contributed by atoms with van der Waals surface area (Å²) in [5, 5.41) is 15.8. The van der Waals surface area contributed by atoms with Crippen molar-refractivity contribution in [2.45, 2.75) is 51.2 Å². The van der Waals surface area contributed by atoms with Crippen LogP contribution < -0.4 is 15.4 Å². The van der Waals surface area contributed by atoms with Crippen LogP contribution in [0.5, 0.6) is 5.75 Å². The van der Waals surface area contributed by atoms with Gasteiger partial charge < -0.3 is 20.5 Å². The maximum Gasteiger partial charge on any atom is 0.149 e. The Kier molecular flexibility index (Phi) is 6.53. The van der Waals surface area contributed by atoms with Gasteiger partial charge in [-0.1, -0.05) is 6.92 Å². The minimum absolute atomic E-state index is 0.0673. The van der Waals surface area contributed by atoms with Crippen LogP contribution >= 0.6 is 0 Å². The molecule has 1 fully saturated rings. The molecule has 8 nitrogen and oxygen atoms in total. The van der Waals surface area contributed by atoms with E-state index < -0.39 is 0 Å². The topological polar surface area (TPSA) is 105 Å². The van der Waals surface area contributed by atoms with Crippen molar-refractivity contribution in [3.05, 3.63) is 42.6 Å². The quantitative estimate of drug-likeness (QED) is 0.522. The first-order valence-corrected chi connectivity index (χ1v) is 10.6. The minimum Gasteiger partial charge on any atom is -0.488 e. The zero-order valence-corrected chi connectivity index (χ0v) is 17.2. The number of aliphatic hydroxyl groups excluding tert-OH is 1. The van der Waals surface area contributed by atoms with Gasteiger partial charge in [-0.15, -0.1) is 0 Å². The minimum atomic E-state index is 0.0673. The molecule has 2 aromatic heterocycles. The molecule has 4 rings (SSSR count). The number of hydrogen-bond donors (Lipinski definition) is 3. The van der Waals surface area contributed by atoms with Crippen LogP contribution in [0.15, 0.2) is 36.9 Å². The van der Waals surface area contributed by atoms with Crippen molar-refractivity contribution in [1.82, 2.24) is 19.9 Å². The molecular formula is C22H28N6O2. The van der Waals surface area contributed by atoms with Crippen molar-refractivity contribution < 1.29 is 9.84 Å². The third-order valence-corrected chi connectivity index (χ3v) is 5.39. The van der Waals surface area contributed by atoms with Gasteiger partial charge in [0.1, 0.15) is 23.4 Å². The number of nitrogens with zero attached hydrogens (tertiary/aromatic N) is 4. The maximum atomic E-state index is 9.10. The predicted octanol–water partition coefficient (Wildman–Crippen LogP) is 3.19. The third kappa shape index (κ3) is 4.94. The van der Waals surface area contributed by atoms with Gasteiger partial charge in [0.15, 0.2) is 0 Å². The SMILES string of the molecule is CCc1cc(NC2CCC(Oc3cc(NCCO)cc4nccnc34)CC2)ncn1. The molecule has 0 bridgehead atoms. The Morgan fingerprint density at radius 2 is 1.87 bits per heavy atom. The number of fused-ring (bicyclic) bond motifs is 1. The molecule has 0 radical (unpaired) electrons. The normalized spacial score (nSPS) is 18.9. The number of hydrogen-bond acceptors (Lipinski definition) is 8. The molecule has 2 heterocycles. The van der Waals surface area contributed by atoms with E-state index in [1.807, 2.05) is 18.2 Å². The first-order valence-electron chi connectivity index (χ1n) is 10.6. The van der Waals surface area contributed by atoms with E-state index in [1.54, 1.807) is 18.7 Å². The second-order valence-corrected chi connectivity index (χ2v) is 7.53. The number of nitrogens with one attached hydrogen (secondary N) is 2. The average molecular weight is 409 g/mol.